The molecule has 1 aromatic rings. The third-order valence-corrected chi connectivity index (χ3v) is 14.7. The second kappa shape index (κ2) is 7.51. The summed E-state index contributed by atoms with van der Waals surface area (Å²) in [5.41, 5.74) is 7.80. The van der Waals surface area contributed by atoms with Crippen LogP contribution in [0.25, 0.3) is 0 Å². The number of carbonyl (C=O) groups is 1. The largest absolute Gasteiger partial charge is 0.481 e. The molecule has 5 aliphatic rings. The molecule has 200 valence electrons. The van der Waals surface area contributed by atoms with Crippen molar-refractivity contribution >= 4 is 22.4 Å². The molecule has 5 aliphatic carbocycles. The first-order chi connectivity index (χ1) is 16.7. The monoisotopic (exact) mass is 512 g/mol. The van der Waals surface area contributed by atoms with Gasteiger partial charge in [0.15, 0.2) is 5.13 Å². The van der Waals surface area contributed by atoms with Crippen LogP contribution in [0.5, 0.6) is 0 Å². The molecule has 5 heteroatoms. The maximum atomic E-state index is 12.9. The van der Waals surface area contributed by atoms with Gasteiger partial charge in [-0.3, -0.25) is 4.79 Å². The first-order valence-electron chi connectivity index (χ1n) is 14.7. The molecule has 4 fully saturated rings. The van der Waals surface area contributed by atoms with Crippen LogP contribution in [0.15, 0.2) is 0 Å². The predicted molar refractivity (Wildman–Crippen MR) is 147 cm³/mol. The van der Waals surface area contributed by atoms with Crippen molar-refractivity contribution in [2.45, 2.75) is 112 Å². The third-order valence-electron chi connectivity index (χ3n) is 13.8. The summed E-state index contributed by atoms with van der Waals surface area (Å²) < 4.78 is 0. The molecule has 6 rings (SSSR count). The fourth-order valence-corrected chi connectivity index (χ4v) is 13.2. The zero-order chi connectivity index (χ0) is 26.1. The molecule has 1 heterocycles. The number of rotatable bonds is 2. The van der Waals surface area contributed by atoms with E-state index in [1.807, 2.05) is 0 Å². The highest BCUT2D eigenvalue weighted by Crippen LogP contribution is 2.77. The van der Waals surface area contributed by atoms with Crippen LogP contribution in [-0.2, 0) is 16.6 Å². The van der Waals surface area contributed by atoms with Gasteiger partial charge in [0.25, 0.3) is 0 Å². The minimum atomic E-state index is -0.495. The van der Waals surface area contributed by atoms with E-state index in [4.69, 9.17) is 10.7 Å². The molecule has 0 bridgehead atoms. The highest BCUT2D eigenvalue weighted by molar-refractivity contribution is 7.15. The van der Waals surface area contributed by atoms with Gasteiger partial charge in [0, 0.05) is 10.3 Å². The molecular weight excluding hydrogens is 464 g/mol. The van der Waals surface area contributed by atoms with E-state index in [0.717, 1.165) is 37.2 Å². The molecule has 4 saturated carbocycles. The van der Waals surface area contributed by atoms with Gasteiger partial charge in [-0.15, -0.1) is 11.3 Å². The van der Waals surface area contributed by atoms with Crippen molar-refractivity contribution in [1.82, 2.24) is 4.98 Å². The first-order valence-corrected chi connectivity index (χ1v) is 15.5. The molecule has 3 N–H and O–H groups in total. The highest BCUT2D eigenvalue weighted by atomic mass is 32.1. The van der Waals surface area contributed by atoms with Crippen molar-refractivity contribution in [3.63, 3.8) is 0 Å². The molecule has 0 saturated heterocycles. The molecule has 1 aromatic heterocycles. The summed E-state index contributed by atoms with van der Waals surface area (Å²) in [4.78, 5) is 19.2. The molecule has 0 unspecified atom stereocenters. The lowest BCUT2D eigenvalue weighted by atomic mass is 9.32. The number of hydrogen-bond acceptors (Lipinski definition) is 4. The lowest BCUT2D eigenvalue weighted by Crippen LogP contribution is -2.67. The second-order valence-electron chi connectivity index (χ2n) is 15.3. The smallest absolute Gasteiger partial charge is 0.309 e. The second-order valence-corrected chi connectivity index (χ2v) is 16.4. The zero-order valence-electron chi connectivity index (χ0n) is 23.6. The molecular formula is C31H48N2O2S. The molecule has 0 spiro atoms. The average Bonchev–Trinajstić information content (AvgIpc) is 3.35. The summed E-state index contributed by atoms with van der Waals surface area (Å²) in [7, 11) is 0. The van der Waals surface area contributed by atoms with Crippen LogP contribution in [0, 0.1) is 57.2 Å². The SMILES string of the molecule is CC(C)[C@@H]1CC[C@]2(C(=O)O)CC[C@]3(C)[C@H](CC[C@@H]4[C@@]5(C)Cc6sc(N)nc6C(C)(C)[C@@H]5CC[C@]43C)[C@@H]12. The number of carboxylic acid groups (broad SMARTS) is 1. The Kier molecular flexibility index (Phi) is 5.26. The number of nitrogen functional groups attached to an aromatic ring is 1. The van der Waals surface area contributed by atoms with Crippen molar-refractivity contribution in [2.24, 2.45) is 57.2 Å². The van der Waals surface area contributed by atoms with E-state index in [1.54, 1.807) is 11.3 Å². The number of carboxylic acids is 1. The van der Waals surface area contributed by atoms with Gasteiger partial charge in [-0.2, -0.15) is 0 Å². The van der Waals surface area contributed by atoms with E-state index in [0.29, 0.717) is 35.5 Å². The lowest BCUT2D eigenvalue weighted by molar-refractivity contribution is -0.229. The molecule has 0 aromatic carbocycles. The summed E-state index contributed by atoms with van der Waals surface area (Å²) in [5, 5.41) is 11.3. The minimum absolute atomic E-state index is 0.0504. The minimum Gasteiger partial charge on any atom is -0.481 e. The van der Waals surface area contributed by atoms with Crippen LogP contribution in [-0.4, -0.2) is 16.1 Å². The van der Waals surface area contributed by atoms with E-state index >= 15 is 0 Å². The van der Waals surface area contributed by atoms with Crippen LogP contribution >= 0.6 is 11.3 Å². The summed E-state index contributed by atoms with van der Waals surface area (Å²) in [6.45, 7) is 17.4. The predicted octanol–water partition coefficient (Wildman–Crippen LogP) is 7.56. The van der Waals surface area contributed by atoms with E-state index in [1.165, 1.54) is 36.3 Å². The average molecular weight is 513 g/mol. The number of hydrogen-bond donors (Lipinski definition) is 2. The number of anilines is 1. The highest BCUT2D eigenvalue weighted by Gasteiger charge is 2.72. The molecule has 36 heavy (non-hydrogen) atoms. The van der Waals surface area contributed by atoms with Crippen LogP contribution in [0.3, 0.4) is 0 Å². The molecule has 4 nitrogen and oxygen atoms in total. The number of aromatic nitrogens is 1. The molecule has 0 radical (unpaired) electrons. The lowest BCUT2D eigenvalue weighted by Gasteiger charge is -2.72. The van der Waals surface area contributed by atoms with Gasteiger partial charge in [-0.05, 0) is 110 Å². The Balaban J connectivity index is 1.43. The standard InChI is InChI=1S/C31H48N2O2S/c1-17(2)18-10-13-31(25(34)35)15-14-29(6)19(23(18)31)8-9-22-28(5)16-20-24(33-26(32)36-20)27(3,4)21(28)11-12-30(22,29)7/h17-19,21-23H,8-16H2,1-7H3,(H2,32,33)(H,34,35)/t18-,19+,21-,22+,23+,28-,29+,30+,31-/m0/s1. The number of fused-ring (bicyclic) bond motifs is 8. The van der Waals surface area contributed by atoms with Crippen molar-refractivity contribution in [3.8, 4) is 0 Å². The van der Waals surface area contributed by atoms with E-state index in [9.17, 15) is 9.90 Å². The summed E-state index contributed by atoms with van der Waals surface area (Å²) >= 11 is 1.73. The van der Waals surface area contributed by atoms with E-state index in [2.05, 4.69) is 48.5 Å². The summed E-state index contributed by atoms with van der Waals surface area (Å²) in [6.07, 6.45) is 10.1. The van der Waals surface area contributed by atoms with Crippen molar-refractivity contribution in [1.29, 1.82) is 0 Å². The Morgan fingerprint density at radius 1 is 0.972 bits per heavy atom. The topological polar surface area (TPSA) is 76.2 Å². The van der Waals surface area contributed by atoms with Crippen molar-refractivity contribution in [2.75, 3.05) is 5.73 Å². The Bertz CT molecular complexity index is 1090. The fraction of sp³-hybridized carbons (Fsp3) is 0.871. The number of nitrogens with zero attached hydrogens (tertiary/aromatic N) is 1. The van der Waals surface area contributed by atoms with Gasteiger partial charge in [0.1, 0.15) is 0 Å². The summed E-state index contributed by atoms with van der Waals surface area (Å²) in [5.74, 6) is 2.77. The quantitative estimate of drug-likeness (QED) is 0.429. The van der Waals surface area contributed by atoms with Gasteiger partial charge in [0.2, 0.25) is 0 Å². The van der Waals surface area contributed by atoms with Crippen LogP contribution in [0.2, 0.25) is 0 Å². The van der Waals surface area contributed by atoms with E-state index in [-0.39, 0.29) is 21.7 Å². The van der Waals surface area contributed by atoms with Gasteiger partial charge < -0.3 is 10.8 Å². The number of nitrogens with two attached hydrogens (primary N) is 1. The van der Waals surface area contributed by atoms with E-state index < -0.39 is 11.4 Å². The Labute approximate surface area is 222 Å². The van der Waals surface area contributed by atoms with Gasteiger partial charge in [-0.25, -0.2) is 4.98 Å². The van der Waals surface area contributed by atoms with Crippen LogP contribution in [0.1, 0.15) is 110 Å². The first kappa shape index (κ1) is 25.2. The number of aliphatic carboxylic acids is 1. The zero-order valence-corrected chi connectivity index (χ0v) is 24.4. The maximum Gasteiger partial charge on any atom is 0.309 e. The van der Waals surface area contributed by atoms with Gasteiger partial charge >= 0.3 is 5.97 Å². The third kappa shape index (κ3) is 2.82. The fourth-order valence-electron chi connectivity index (χ4n) is 12.1. The Morgan fingerprint density at radius 3 is 2.36 bits per heavy atom. The normalized spacial score (nSPS) is 48.9. The molecule has 0 amide bonds. The van der Waals surface area contributed by atoms with Crippen molar-refractivity contribution in [3.05, 3.63) is 10.6 Å². The van der Waals surface area contributed by atoms with Crippen LogP contribution in [0.4, 0.5) is 5.13 Å². The van der Waals surface area contributed by atoms with Gasteiger partial charge in [-0.1, -0.05) is 48.5 Å². The number of thiazole rings is 1. The summed E-state index contributed by atoms with van der Waals surface area (Å²) in [6, 6.07) is 0. The van der Waals surface area contributed by atoms with Crippen LogP contribution < -0.4 is 5.73 Å². The molecule has 0 aliphatic heterocycles. The Hall–Kier alpha value is -1.10. The van der Waals surface area contributed by atoms with Crippen molar-refractivity contribution < 1.29 is 9.90 Å². The van der Waals surface area contributed by atoms with Gasteiger partial charge in [0.05, 0.1) is 11.1 Å². The Morgan fingerprint density at radius 2 is 1.69 bits per heavy atom. The maximum absolute atomic E-state index is 12.9. The molecule has 9 atom stereocenters.